The van der Waals surface area contributed by atoms with Crippen LogP contribution >= 0.6 is 23.2 Å². The minimum atomic E-state index is -0.865. The highest BCUT2D eigenvalue weighted by Crippen LogP contribution is 2.31. The second-order valence-corrected chi connectivity index (χ2v) is 6.38. The van der Waals surface area contributed by atoms with E-state index in [0.717, 1.165) is 27.8 Å². The molecule has 0 aromatic heterocycles. The van der Waals surface area contributed by atoms with Gasteiger partial charge < -0.3 is 5.11 Å². The maximum absolute atomic E-state index is 11.1. The smallest absolute Gasteiger partial charge is 0.307 e. The standard InChI is InChI=1S/C20H14Cl2O2/c21-18-5-1-3-14(11-18)16-7-13(9-20(23)24)8-17(10-16)15-4-2-6-19(22)12-15/h1-8,10-12H,9H2,(H,23,24). The molecule has 0 saturated carbocycles. The van der Waals surface area contributed by atoms with Crippen molar-refractivity contribution in [2.75, 3.05) is 0 Å². The summed E-state index contributed by atoms with van der Waals surface area (Å²) in [6.45, 7) is 0. The third-order valence-electron chi connectivity index (χ3n) is 3.66. The number of rotatable bonds is 4. The second kappa shape index (κ2) is 7.08. The van der Waals surface area contributed by atoms with Crippen LogP contribution < -0.4 is 0 Å². The van der Waals surface area contributed by atoms with Crippen molar-refractivity contribution in [1.82, 2.24) is 0 Å². The van der Waals surface area contributed by atoms with Crippen molar-refractivity contribution in [3.8, 4) is 22.3 Å². The Bertz CT molecular complexity index is 840. The lowest BCUT2D eigenvalue weighted by atomic mass is 9.95. The van der Waals surface area contributed by atoms with Gasteiger partial charge >= 0.3 is 5.97 Å². The Balaban J connectivity index is 2.15. The van der Waals surface area contributed by atoms with Crippen LogP contribution in [0.3, 0.4) is 0 Å². The highest BCUT2D eigenvalue weighted by molar-refractivity contribution is 6.31. The van der Waals surface area contributed by atoms with Crippen molar-refractivity contribution >= 4 is 29.2 Å². The van der Waals surface area contributed by atoms with Gasteiger partial charge in [0, 0.05) is 10.0 Å². The van der Waals surface area contributed by atoms with E-state index in [1.807, 2.05) is 66.7 Å². The molecule has 3 aromatic rings. The predicted molar refractivity (Wildman–Crippen MR) is 98.7 cm³/mol. The molecule has 0 aliphatic carbocycles. The van der Waals surface area contributed by atoms with Gasteiger partial charge in [0.05, 0.1) is 6.42 Å². The lowest BCUT2D eigenvalue weighted by Gasteiger charge is -2.10. The maximum atomic E-state index is 11.1. The summed E-state index contributed by atoms with van der Waals surface area (Å²) < 4.78 is 0. The van der Waals surface area contributed by atoms with Gasteiger partial charge in [-0.3, -0.25) is 4.79 Å². The molecule has 4 heteroatoms. The third-order valence-corrected chi connectivity index (χ3v) is 4.13. The van der Waals surface area contributed by atoms with Gasteiger partial charge in [-0.2, -0.15) is 0 Å². The van der Waals surface area contributed by atoms with Gasteiger partial charge in [-0.05, 0) is 58.1 Å². The first-order valence-corrected chi connectivity index (χ1v) is 8.14. The molecule has 0 unspecified atom stereocenters. The minimum Gasteiger partial charge on any atom is -0.481 e. The van der Waals surface area contributed by atoms with Crippen molar-refractivity contribution < 1.29 is 9.90 Å². The number of carboxylic acids is 1. The molecule has 0 heterocycles. The summed E-state index contributed by atoms with van der Waals surface area (Å²) in [5.41, 5.74) is 4.46. The monoisotopic (exact) mass is 356 g/mol. The summed E-state index contributed by atoms with van der Waals surface area (Å²) in [4.78, 5) is 11.1. The largest absolute Gasteiger partial charge is 0.481 e. The fourth-order valence-corrected chi connectivity index (χ4v) is 3.02. The normalized spacial score (nSPS) is 10.6. The Kier molecular flexibility index (Phi) is 4.89. The topological polar surface area (TPSA) is 37.3 Å². The number of aliphatic carboxylic acids is 1. The Hall–Kier alpha value is -2.29. The summed E-state index contributed by atoms with van der Waals surface area (Å²) in [5, 5.41) is 10.4. The molecule has 1 N–H and O–H groups in total. The predicted octanol–water partition coefficient (Wildman–Crippen LogP) is 5.95. The molecule has 2 nitrogen and oxygen atoms in total. The zero-order valence-corrected chi connectivity index (χ0v) is 14.2. The lowest BCUT2D eigenvalue weighted by Crippen LogP contribution is -2.00. The molecule has 0 aliphatic rings. The summed E-state index contributed by atoms with van der Waals surface area (Å²) in [6, 6.07) is 20.8. The van der Waals surface area contributed by atoms with Gasteiger partial charge in [0.15, 0.2) is 0 Å². The first kappa shape index (κ1) is 16.6. The van der Waals surface area contributed by atoms with Crippen LogP contribution in [-0.4, -0.2) is 11.1 Å². The SMILES string of the molecule is O=C(O)Cc1cc(-c2cccc(Cl)c2)cc(-c2cccc(Cl)c2)c1. The summed E-state index contributed by atoms with van der Waals surface area (Å²) >= 11 is 12.2. The molecular formula is C20H14Cl2O2. The Morgan fingerprint density at radius 3 is 1.67 bits per heavy atom. The summed E-state index contributed by atoms with van der Waals surface area (Å²) in [6.07, 6.45) is -0.0397. The zero-order chi connectivity index (χ0) is 17.1. The van der Waals surface area contributed by atoms with E-state index in [9.17, 15) is 4.79 Å². The number of carbonyl (C=O) groups is 1. The van der Waals surface area contributed by atoms with Crippen molar-refractivity contribution in [1.29, 1.82) is 0 Å². The van der Waals surface area contributed by atoms with Crippen LogP contribution in [0.4, 0.5) is 0 Å². The molecule has 0 radical (unpaired) electrons. The minimum absolute atomic E-state index is 0.0397. The quantitative estimate of drug-likeness (QED) is 0.626. The van der Waals surface area contributed by atoms with E-state index in [0.29, 0.717) is 10.0 Å². The van der Waals surface area contributed by atoms with E-state index < -0.39 is 5.97 Å². The highest BCUT2D eigenvalue weighted by Gasteiger charge is 2.09. The molecular weight excluding hydrogens is 343 g/mol. The molecule has 0 atom stereocenters. The van der Waals surface area contributed by atoms with E-state index in [4.69, 9.17) is 28.3 Å². The molecule has 3 rings (SSSR count). The van der Waals surface area contributed by atoms with E-state index in [1.54, 1.807) is 0 Å². The fraction of sp³-hybridized carbons (Fsp3) is 0.0500. The van der Waals surface area contributed by atoms with Crippen LogP contribution in [-0.2, 0) is 11.2 Å². The maximum Gasteiger partial charge on any atom is 0.307 e. The van der Waals surface area contributed by atoms with Crippen molar-refractivity contribution in [2.45, 2.75) is 6.42 Å². The van der Waals surface area contributed by atoms with Crippen molar-refractivity contribution in [2.24, 2.45) is 0 Å². The van der Waals surface area contributed by atoms with Crippen LogP contribution in [0.5, 0.6) is 0 Å². The summed E-state index contributed by atoms with van der Waals surface area (Å²) in [7, 11) is 0. The van der Waals surface area contributed by atoms with Crippen molar-refractivity contribution in [3.63, 3.8) is 0 Å². The Labute approximate surface area is 150 Å². The molecule has 0 aliphatic heterocycles. The summed E-state index contributed by atoms with van der Waals surface area (Å²) in [5.74, 6) is -0.865. The first-order valence-electron chi connectivity index (χ1n) is 7.39. The third kappa shape index (κ3) is 3.97. The first-order chi connectivity index (χ1) is 11.5. The number of carboxylic acid groups (broad SMARTS) is 1. The van der Waals surface area contributed by atoms with Crippen LogP contribution in [0.1, 0.15) is 5.56 Å². The molecule has 0 spiro atoms. The molecule has 3 aromatic carbocycles. The van der Waals surface area contributed by atoms with E-state index in [-0.39, 0.29) is 6.42 Å². The molecule has 0 amide bonds. The average Bonchev–Trinajstić information content (AvgIpc) is 2.54. The van der Waals surface area contributed by atoms with E-state index >= 15 is 0 Å². The Morgan fingerprint density at radius 1 is 0.750 bits per heavy atom. The van der Waals surface area contributed by atoms with Gasteiger partial charge in [-0.25, -0.2) is 0 Å². The number of halogens is 2. The molecule has 0 bridgehead atoms. The van der Waals surface area contributed by atoms with Crippen LogP contribution in [0.15, 0.2) is 66.7 Å². The zero-order valence-electron chi connectivity index (χ0n) is 12.7. The molecule has 120 valence electrons. The van der Waals surface area contributed by atoms with E-state index in [2.05, 4.69) is 0 Å². The molecule has 24 heavy (non-hydrogen) atoms. The van der Waals surface area contributed by atoms with Crippen LogP contribution in [0, 0.1) is 0 Å². The van der Waals surface area contributed by atoms with Crippen molar-refractivity contribution in [3.05, 3.63) is 82.3 Å². The number of hydrogen-bond donors (Lipinski definition) is 1. The van der Waals surface area contributed by atoms with Crippen LogP contribution in [0.25, 0.3) is 22.3 Å². The molecule has 0 saturated heterocycles. The van der Waals surface area contributed by atoms with Gasteiger partial charge in [0.1, 0.15) is 0 Å². The van der Waals surface area contributed by atoms with Gasteiger partial charge in [0.2, 0.25) is 0 Å². The second-order valence-electron chi connectivity index (χ2n) is 5.51. The van der Waals surface area contributed by atoms with E-state index in [1.165, 1.54) is 0 Å². The number of hydrogen-bond acceptors (Lipinski definition) is 1. The molecule has 0 fully saturated rings. The Morgan fingerprint density at radius 2 is 1.25 bits per heavy atom. The lowest BCUT2D eigenvalue weighted by molar-refractivity contribution is -0.136. The highest BCUT2D eigenvalue weighted by atomic mass is 35.5. The van der Waals surface area contributed by atoms with Gasteiger partial charge in [-0.15, -0.1) is 0 Å². The van der Waals surface area contributed by atoms with Gasteiger partial charge in [0.25, 0.3) is 0 Å². The fourth-order valence-electron chi connectivity index (χ4n) is 2.64. The van der Waals surface area contributed by atoms with Gasteiger partial charge in [-0.1, -0.05) is 59.6 Å². The van der Waals surface area contributed by atoms with Crippen LogP contribution in [0.2, 0.25) is 10.0 Å². The number of benzene rings is 3. The average molecular weight is 357 g/mol.